The number of carboxylic acids is 1. The predicted molar refractivity (Wildman–Crippen MR) is 96.9 cm³/mol. The number of nitrogens with zero attached hydrogens (tertiary/aromatic N) is 2. The standard InChI is InChI=1S/C20H18N2O3/c1-4-16(20(24)25)22-17-8-6-5-7-13(17)19(23)14-9-11(2)12(3)15(10-21)18(14)22/h5-9,16H,4H2,1-3H3,(H,24,25). The highest BCUT2D eigenvalue weighted by Gasteiger charge is 2.25. The van der Waals surface area contributed by atoms with Gasteiger partial charge in [-0.1, -0.05) is 19.1 Å². The van der Waals surface area contributed by atoms with E-state index in [1.54, 1.807) is 41.8 Å². The molecule has 3 rings (SSSR count). The summed E-state index contributed by atoms with van der Waals surface area (Å²) in [6.07, 6.45) is 0.342. The molecular weight excluding hydrogens is 316 g/mol. The third-order valence-corrected chi connectivity index (χ3v) is 4.81. The van der Waals surface area contributed by atoms with E-state index in [-0.39, 0.29) is 5.43 Å². The zero-order valence-electron chi connectivity index (χ0n) is 14.3. The molecule has 0 spiro atoms. The number of pyridine rings is 1. The normalized spacial score (nSPS) is 12.2. The molecule has 0 aliphatic rings. The van der Waals surface area contributed by atoms with Gasteiger partial charge in [-0.15, -0.1) is 0 Å². The Hall–Kier alpha value is -3.13. The van der Waals surface area contributed by atoms with Crippen LogP contribution in [-0.4, -0.2) is 15.6 Å². The number of rotatable bonds is 3. The molecule has 1 aromatic heterocycles. The van der Waals surface area contributed by atoms with Crippen molar-refractivity contribution in [3.63, 3.8) is 0 Å². The number of aliphatic carboxylic acids is 1. The van der Waals surface area contributed by atoms with E-state index in [0.29, 0.717) is 33.8 Å². The Morgan fingerprint density at radius 3 is 2.56 bits per heavy atom. The van der Waals surface area contributed by atoms with Crippen LogP contribution in [0, 0.1) is 25.2 Å². The molecule has 1 atom stereocenters. The van der Waals surface area contributed by atoms with Gasteiger partial charge in [-0.05, 0) is 49.6 Å². The maximum absolute atomic E-state index is 13.0. The van der Waals surface area contributed by atoms with Crippen molar-refractivity contribution in [2.45, 2.75) is 33.2 Å². The summed E-state index contributed by atoms with van der Waals surface area (Å²) in [7, 11) is 0. The molecule has 0 fully saturated rings. The molecule has 0 saturated heterocycles. The first-order valence-corrected chi connectivity index (χ1v) is 8.12. The van der Waals surface area contributed by atoms with Gasteiger partial charge in [-0.25, -0.2) is 4.79 Å². The third kappa shape index (κ3) is 2.38. The largest absolute Gasteiger partial charge is 0.480 e. The second kappa shape index (κ2) is 6.06. The summed E-state index contributed by atoms with van der Waals surface area (Å²) in [5.74, 6) is -0.986. The van der Waals surface area contributed by atoms with Gasteiger partial charge in [-0.3, -0.25) is 4.79 Å². The number of hydrogen-bond donors (Lipinski definition) is 1. The van der Waals surface area contributed by atoms with Crippen molar-refractivity contribution in [1.82, 2.24) is 4.57 Å². The zero-order chi connectivity index (χ0) is 18.3. The van der Waals surface area contributed by atoms with Crippen molar-refractivity contribution in [3.8, 4) is 6.07 Å². The molecule has 3 aromatic rings. The van der Waals surface area contributed by atoms with Gasteiger partial charge in [0.05, 0.1) is 16.6 Å². The topological polar surface area (TPSA) is 83.1 Å². The Morgan fingerprint density at radius 1 is 1.28 bits per heavy atom. The number of carbonyl (C=O) groups is 1. The Balaban J connectivity index is 2.73. The number of para-hydroxylation sites is 1. The van der Waals surface area contributed by atoms with Gasteiger partial charge in [0, 0.05) is 10.8 Å². The Kier molecular flexibility index (Phi) is 4.05. The number of aromatic nitrogens is 1. The lowest BCUT2D eigenvalue weighted by Crippen LogP contribution is -2.23. The lowest BCUT2D eigenvalue weighted by molar-refractivity contribution is -0.140. The van der Waals surface area contributed by atoms with Gasteiger partial charge in [0.25, 0.3) is 0 Å². The third-order valence-electron chi connectivity index (χ3n) is 4.81. The van der Waals surface area contributed by atoms with Crippen LogP contribution < -0.4 is 5.43 Å². The maximum atomic E-state index is 13.0. The van der Waals surface area contributed by atoms with Gasteiger partial charge in [0.1, 0.15) is 12.1 Å². The smallest absolute Gasteiger partial charge is 0.326 e. The zero-order valence-corrected chi connectivity index (χ0v) is 14.3. The summed E-state index contributed by atoms with van der Waals surface area (Å²) in [4.78, 5) is 24.9. The van der Waals surface area contributed by atoms with Gasteiger partial charge in [0.2, 0.25) is 0 Å². The van der Waals surface area contributed by atoms with E-state index in [9.17, 15) is 20.0 Å². The molecule has 5 heteroatoms. The van der Waals surface area contributed by atoms with Crippen molar-refractivity contribution >= 4 is 27.8 Å². The number of aryl methyl sites for hydroxylation is 1. The molecule has 1 heterocycles. The lowest BCUT2D eigenvalue weighted by Gasteiger charge is -2.22. The molecule has 0 aliphatic carbocycles. The predicted octanol–water partition coefficient (Wildman–Crippen LogP) is 3.68. The van der Waals surface area contributed by atoms with Crippen LogP contribution in [0.3, 0.4) is 0 Å². The van der Waals surface area contributed by atoms with Gasteiger partial charge < -0.3 is 9.67 Å². The maximum Gasteiger partial charge on any atom is 0.326 e. The molecule has 1 N–H and O–H groups in total. The molecule has 0 amide bonds. The summed E-state index contributed by atoms with van der Waals surface area (Å²) >= 11 is 0. The van der Waals surface area contributed by atoms with Gasteiger partial charge in [-0.2, -0.15) is 5.26 Å². The molecule has 2 aromatic carbocycles. The minimum absolute atomic E-state index is 0.179. The van der Waals surface area contributed by atoms with E-state index in [0.717, 1.165) is 11.1 Å². The molecular formula is C20H18N2O3. The van der Waals surface area contributed by atoms with Crippen LogP contribution in [0.5, 0.6) is 0 Å². The second-order valence-electron chi connectivity index (χ2n) is 6.18. The quantitative estimate of drug-likeness (QED) is 0.741. The summed E-state index contributed by atoms with van der Waals surface area (Å²) in [5, 5.41) is 20.3. The SMILES string of the molecule is CCC(C(=O)O)n1c2ccccc2c(=O)c2cc(C)c(C)c(C#N)c21. The van der Waals surface area contributed by atoms with E-state index >= 15 is 0 Å². The van der Waals surface area contributed by atoms with Crippen LogP contribution in [0.4, 0.5) is 0 Å². The summed E-state index contributed by atoms with van der Waals surface area (Å²) in [5.41, 5.74) is 2.72. The van der Waals surface area contributed by atoms with E-state index in [4.69, 9.17) is 0 Å². The van der Waals surface area contributed by atoms with E-state index < -0.39 is 12.0 Å². The van der Waals surface area contributed by atoms with E-state index in [1.807, 2.05) is 13.8 Å². The molecule has 25 heavy (non-hydrogen) atoms. The average molecular weight is 334 g/mol. The van der Waals surface area contributed by atoms with Crippen molar-refractivity contribution in [2.75, 3.05) is 0 Å². The number of hydrogen-bond acceptors (Lipinski definition) is 3. The van der Waals surface area contributed by atoms with Crippen molar-refractivity contribution in [1.29, 1.82) is 5.26 Å². The van der Waals surface area contributed by atoms with Crippen molar-refractivity contribution in [2.24, 2.45) is 0 Å². The second-order valence-corrected chi connectivity index (χ2v) is 6.18. The minimum atomic E-state index is -0.986. The highest BCUT2D eigenvalue weighted by Crippen LogP contribution is 2.30. The molecule has 0 bridgehead atoms. The molecule has 0 saturated carbocycles. The van der Waals surface area contributed by atoms with E-state index in [2.05, 4.69) is 6.07 Å². The first-order chi connectivity index (χ1) is 11.9. The first kappa shape index (κ1) is 16.7. The molecule has 0 radical (unpaired) electrons. The summed E-state index contributed by atoms with van der Waals surface area (Å²) in [6, 6.07) is 10.0. The number of fused-ring (bicyclic) bond motifs is 2. The highest BCUT2D eigenvalue weighted by atomic mass is 16.4. The molecule has 126 valence electrons. The van der Waals surface area contributed by atoms with Gasteiger partial charge >= 0.3 is 5.97 Å². The van der Waals surface area contributed by atoms with Crippen LogP contribution in [-0.2, 0) is 4.79 Å². The van der Waals surface area contributed by atoms with Crippen molar-refractivity contribution in [3.05, 3.63) is 57.2 Å². The van der Waals surface area contributed by atoms with Crippen LogP contribution >= 0.6 is 0 Å². The summed E-state index contributed by atoms with van der Waals surface area (Å²) in [6.45, 7) is 5.45. The molecule has 1 unspecified atom stereocenters. The molecule has 5 nitrogen and oxygen atoms in total. The fourth-order valence-electron chi connectivity index (χ4n) is 3.40. The highest BCUT2D eigenvalue weighted by molar-refractivity contribution is 5.98. The van der Waals surface area contributed by atoms with Crippen molar-refractivity contribution < 1.29 is 9.90 Å². The fraction of sp³-hybridized carbons (Fsp3) is 0.250. The van der Waals surface area contributed by atoms with Crippen LogP contribution in [0.25, 0.3) is 21.8 Å². The van der Waals surface area contributed by atoms with E-state index in [1.165, 1.54) is 0 Å². The van der Waals surface area contributed by atoms with Crippen LogP contribution in [0.1, 0.15) is 36.1 Å². The first-order valence-electron chi connectivity index (χ1n) is 8.12. The van der Waals surface area contributed by atoms with Crippen LogP contribution in [0.15, 0.2) is 35.1 Å². The van der Waals surface area contributed by atoms with Crippen LogP contribution in [0.2, 0.25) is 0 Å². The fourth-order valence-corrected chi connectivity index (χ4v) is 3.40. The number of benzene rings is 2. The average Bonchev–Trinajstić information content (AvgIpc) is 2.60. The summed E-state index contributed by atoms with van der Waals surface area (Å²) < 4.78 is 1.64. The number of carboxylic acid groups (broad SMARTS) is 1. The molecule has 0 aliphatic heterocycles. The number of nitriles is 1. The minimum Gasteiger partial charge on any atom is -0.480 e. The lowest BCUT2D eigenvalue weighted by atomic mass is 9.96. The Bertz CT molecular complexity index is 1120. The monoisotopic (exact) mass is 334 g/mol. The van der Waals surface area contributed by atoms with Gasteiger partial charge in [0.15, 0.2) is 5.43 Å². The Labute approximate surface area is 144 Å². The Morgan fingerprint density at radius 2 is 1.96 bits per heavy atom.